The molecule has 1 aromatic carbocycles. The van der Waals surface area contributed by atoms with Gasteiger partial charge in [0.2, 0.25) is 0 Å². The zero-order chi connectivity index (χ0) is 15.6. The van der Waals surface area contributed by atoms with Crippen LogP contribution in [0.3, 0.4) is 0 Å². The van der Waals surface area contributed by atoms with Gasteiger partial charge in [-0.05, 0) is 31.7 Å². The molecular formula is C15H23ClNO4+. The van der Waals surface area contributed by atoms with Crippen LogP contribution in [0.25, 0.3) is 0 Å². The first-order valence-corrected chi connectivity index (χ1v) is 8.54. The van der Waals surface area contributed by atoms with Gasteiger partial charge in [-0.3, -0.25) is 0 Å². The van der Waals surface area contributed by atoms with E-state index in [1.165, 1.54) is 55.4 Å². The molecule has 1 aromatic rings. The molecule has 0 bridgehead atoms. The lowest BCUT2D eigenvalue weighted by Gasteiger charge is -2.29. The first kappa shape index (κ1) is 16.7. The van der Waals surface area contributed by atoms with Crippen molar-refractivity contribution in [3.63, 3.8) is 0 Å². The van der Waals surface area contributed by atoms with Crippen molar-refractivity contribution in [2.24, 2.45) is 0 Å². The Labute approximate surface area is 127 Å². The fourth-order valence-electron chi connectivity index (χ4n) is 3.69. The highest BCUT2D eigenvalue weighted by atomic mass is 35.7. The number of nitrogens with zero attached hydrogens (tertiary/aromatic N) is 1. The summed E-state index contributed by atoms with van der Waals surface area (Å²) in [6.45, 7) is 6.78. The molecule has 1 unspecified atom stereocenters. The van der Waals surface area contributed by atoms with E-state index in [0.717, 1.165) is 0 Å². The van der Waals surface area contributed by atoms with Crippen LogP contribution in [0.15, 0.2) is 30.3 Å². The van der Waals surface area contributed by atoms with Gasteiger partial charge in [-0.25, -0.2) is 0 Å². The van der Waals surface area contributed by atoms with E-state index in [0.29, 0.717) is 5.54 Å². The molecule has 0 radical (unpaired) electrons. The topological polar surface area (TPSA) is 89.4 Å². The number of hydrogen-bond donors (Lipinski definition) is 1. The largest absolute Gasteiger partial charge is 0.309 e. The molecule has 1 spiro atoms. The van der Waals surface area contributed by atoms with Crippen LogP contribution >= 0.6 is 0 Å². The zero-order valence-corrected chi connectivity index (χ0v) is 13.1. The second kappa shape index (κ2) is 6.20. The van der Waals surface area contributed by atoms with E-state index < -0.39 is 10.2 Å². The van der Waals surface area contributed by atoms with Gasteiger partial charge < -0.3 is 4.48 Å². The highest BCUT2D eigenvalue weighted by Crippen LogP contribution is 2.47. The lowest BCUT2D eigenvalue weighted by Crippen LogP contribution is -2.58. The van der Waals surface area contributed by atoms with Crippen LogP contribution in [0, 0.1) is 10.2 Å². The second-order valence-corrected chi connectivity index (χ2v) is 7.16. The van der Waals surface area contributed by atoms with Crippen LogP contribution in [0.1, 0.15) is 31.7 Å². The predicted molar refractivity (Wildman–Crippen MR) is 69.5 cm³/mol. The molecule has 2 heterocycles. The summed E-state index contributed by atoms with van der Waals surface area (Å²) in [6.07, 6.45) is 5.63. The fourth-order valence-corrected chi connectivity index (χ4v) is 3.69. The van der Waals surface area contributed by atoms with Gasteiger partial charge in [0.1, 0.15) is 12.1 Å². The molecule has 1 atom stereocenters. The van der Waals surface area contributed by atoms with E-state index in [2.05, 4.69) is 37.3 Å². The first-order chi connectivity index (χ1) is 9.74. The van der Waals surface area contributed by atoms with Crippen molar-refractivity contribution in [1.82, 2.24) is 0 Å². The number of benzene rings is 1. The van der Waals surface area contributed by atoms with Crippen LogP contribution in [0.5, 0.6) is 0 Å². The Morgan fingerprint density at radius 2 is 1.62 bits per heavy atom. The van der Waals surface area contributed by atoms with Crippen molar-refractivity contribution >= 4 is 0 Å². The molecule has 0 saturated carbocycles. The summed E-state index contributed by atoms with van der Waals surface area (Å²) in [5, 5.41) is 0. The minimum absolute atomic E-state index is 0.557. The number of quaternary nitrogens is 1. The van der Waals surface area contributed by atoms with E-state index in [1.807, 2.05) is 0 Å². The fraction of sp³-hybridized carbons (Fsp3) is 0.600. The number of halogens is 1. The number of rotatable bonds is 2. The maximum atomic E-state index is 8.60. The summed E-state index contributed by atoms with van der Waals surface area (Å²) >= 11 is 0. The molecule has 2 aliphatic rings. The van der Waals surface area contributed by atoms with Crippen molar-refractivity contribution < 1.29 is 33.4 Å². The summed E-state index contributed by atoms with van der Waals surface area (Å²) < 4.78 is 34.1. The van der Waals surface area contributed by atoms with Crippen LogP contribution < -0.4 is 14.0 Å². The maximum Gasteiger partial charge on any atom is 0.150 e. The highest BCUT2D eigenvalue weighted by molar-refractivity contribution is 5.18. The highest BCUT2D eigenvalue weighted by Gasteiger charge is 2.65. The van der Waals surface area contributed by atoms with Crippen molar-refractivity contribution in [3.05, 3.63) is 35.9 Å². The van der Waals surface area contributed by atoms with Crippen LogP contribution in [-0.2, 0) is 6.42 Å². The van der Waals surface area contributed by atoms with E-state index in [4.69, 9.17) is 18.6 Å². The molecule has 5 nitrogen and oxygen atoms in total. The number of hydrogen-bond acceptors (Lipinski definition) is 4. The minimum atomic E-state index is -4.69. The van der Waals surface area contributed by atoms with E-state index >= 15 is 0 Å². The SMILES string of the molecule is CC1(Cc2ccccc2)C[N+]12CCCCC2.[O-][Cl+3]([O-])([O-])O. The Kier molecular flexibility index (Phi) is 4.92. The summed E-state index contributed by atoms with van der Waals surface area (Å²) in [4.78, 5) is 0. The average Bonchev–Trinajstić information content (AvgIpc) is 2.92. The van der Waals surface area contributed by atoms with Gasteiger partial charge >= 0.3 is 0 Å². The third-order valence-electron chi connectivity index (χ3n) is 4.79. The Morgan fingerprint density at radius 3 is 2.14 bits per heavy atom. The summed E-state index contributed by atoms with van der Waals surface area (Å²) in [6, 6.07) is 11.0. The number of piperidine rings is 1. The zero-order valence-electron chi connectivity index (χ0n) is 12.3. The Hall–Kier alpha value is -0.690. The Morgan fingerprint density at radius 1 is 1.10 bits per heavy atom. The smallest absolute Gasteiger partial charge is 0.150 e. The van der Waals surface area contributed by atoms with E-state index in [-0.39, 0.29) is 0 Å². The predicted octanol–water partition coefficient (Wildman–Crippen LogP) is -1.12. The molecule has 0 amide bonds. The molecule has 3 rings (SSSR count). The molecular weight excluding hydrogens is 294 g/mol. The molecule has 118 valence electrons. The Bertz CT molecular complexity index is 450. The van der Waals surface area contributed by atoms with Gasteiger partial charge in [0.05, 0.1) is 28.0 Å². The van der Waals surface area contributed by atoms with Crippen molar-refractivity contribution in [3.8, 4) is 0 Å². The standard InChI is InChI=1S/C15H22N.ClHO4/c1-15(12-14-8-4-2-5-9-14)13-16(15)10-6-3-7-11-16;2-1(3,4)5/h2,4-5,8-9H,3,6-7,10-13H2,1H3;(H,2,3,4,5)/q+1;. The van der Waals surface area contributed by atoms with Gasteiger partial charge in [-0.15, -0.1) is 0 Å². The van der Waals surface area contributed by atoms with E-state index in [1.54, 1.807) is 0 Å². The normalized spacial score (nSPS) is 26.9. The molecule has 1 N–H and O–H groups in total. The third kappa shape index (κ3) is 4.64. The van der Waals surface area contributed by atoms with E-state index in [9.17, 15) is 0 Å². The monoisotopic (exact) mass is 316 g/mol. The van der Waals surface area contributed by atoms with Gasteiger partial charge in [0.15, 0.2) is 0 Å². The molecule has 6 heteroatoms. The van der Waals surface area contributed by atoms with Crippen LogP contribution in [0.4, 0.5) is 0 Å². The van der Waals surface area contributed by atoms with Gasteiger partial charge in [-0.1, -0.05) is 30.3 Å². The molecule has 21 heavy (non-hydrogen) atoms. The molecule has 0 aliphatic carbocycles. The summed E-state index contributed by atoms with van der Waals surface area (Å²) in [5.41, 5.74) is 2.08. The molecule has 2 saturated heterocycles. The summed E-state index contributed by atoms with van der Waals surface area (Å²) in [7, 11) is -4.69. The summed E-state index contributed by atoms with van der Waals surface area (Å²) in [5.74, 6) is 0. The molecule has 2 fully saturated rings. The lowest BCUT2D eigenvalue weighted by molar-refractivity contribution is -1.92. The minimum Gasteiger partial charge on any atom is -0.309 e. The van der Waals surface area contributed by atoms with Gasteiger partial charge in [0, 0.05) is 6.42 Å². The third-order valence-corrected chi connectivity index (χ3v) is 4.79. The van der Waals surface area contributed by atoms with Crippen molar-refractivity contribution in [1.29, 1.82) is 0 Å². The van der Waals surface area contributed by atoms with Crippen LogP contribution in [-0.4, -0.2) is 34.3 Å². The molecule has 2 aliphatic heterocycles. The maximum absolute atomic E-state index is 8.60. The lowest BCUT2D eigenvalue weighted by atomic mass is 9.99. The quantitative estimate of drug-likeness (QED) is 0.553. The second-order valence-electron chi connectivity index (χ2n) is 6.37. The van der Waals surface area contributed by atoms with Crippen LogP contribution in [0.2, 0.25) is 0 Å². The molecule has 0 aromatic heterocycles. The van der Waals surface area contributed by atoms with Gasteiger partial charge in [-0.2, -0.15) is 14.0 Å². The Balaban J connectivity index is 0.000000282. The average molecular weight is 317 g/mol. The first-order valence-electron chi connectivity index (χ1n) is 7.28. The van der Waals surface area contributed by atoms with Crippen molar-refractivity contribution in [2.75, 3.05) is 19.6 Å². The van der Waals surface area contributed by atoms with Crippen molar-refractivity contribution in [2.45, 2.75) is 38.1 Å². The van der Waals surface area contributed by atoms with Gasteiger partial charge in [0.25, 0.3) is 0 Å².